The van der Waals surface area contributed by atoms with Crippen LogP contribution >= 0.6 is 0 Å². The molecule has 1 heterocycles. The summed E-state index contributed by atoms with van der Waals surface area (Å²) in [4.78, 5) is 39.5. The van der Waals surface area contributed by atoms with Gasteiger partial charge >= 0.3 is 5.97 Å². The van der Waals surface area contributed by atoms with Crippen LogP contribution < -0.4 is 10.1 Å². The molecule has 1 aliphatic heterocycles. The first-order valence-electron chi connectivity index (χ1n) is 12.8. The lowest BCUT2D eigenvalue weighted by atomic mass is 10.1. The van der Waals surface area contributed by atoms with Crippen molar-refractivity contribution >= 4 is 17.8 Å². The minimum atomic E-state index is -0.878. The van der Waals surface area contributed by atoms with E-state index in [2.05, 4.69) is 12.2 Å². The summed E-state index contributed by atoms with van der Waals surface area (Å²) in [7, 11) is 0. The number of carbonyl (C=O) groups is 3. The van der Waals surface area contributed by atoms with Gasteiger partial charge in [0.1, 0.15) is 11.8 Å². The molecule has 7 heteroatoms. The van der Waals surface area contributed by atoms with Crippen molar-refractivity contribution in [2.45, 2.75) is 97.6 Å². The van der Waals surface area contributed by atoms with Crippen molar-refractivity contribution in [3.63, 3.8) is 0 Å². The number of aryl methyl sites for hydroxylation is 2. The summed E-state index contributed by atoms with van der Waals surface area (Å²) in [5.74, 6) is -0.450. The fourth-order valence-electron chi connectivity index (χ4n) is 4.13. The summed E-state index contributed by atoms with van der Waals surface area (Å²) in [5.41, 5.74) is 1.97. The normalized spacial score (nSPS) is 16.6. The van der Waals surface area contributed by atoms with Crippen molar-refractivity contribution < 1.29 is 23.9 Å². The number of rotatable bonds is 14. The van der Waals surface area contributed by atoms with Crippen molar-refractivity contribution in [3.8, 4) is 5.75 Å². The van der Waals surface area contributed by atoms with Crippen LogP contribution in [0, 0.1) is 13.8 Å². The van der Waals surface area contributed by atoms with Gasteiger partial charge in [0.05, 0.1) is 13.0 Å². The molecule has 190 valence electrons. The molecule has 2 amide bonds. The Hall–Kier alpha value is -2.57. The second-order valence-corrected chi connectivity index (χ2v) is 9.27. The predicted molar refractivity (Wildman–Crippen MR) is 133 cm³/mol. The third-order valence-corrected chi connectivity index (χ3v) is 6.23. The molecular formula is C27H42N2O5. The number of hydrogen-bond donors (Lipinski definition) is 1. The van der Waals surface area contributed by atoms with Crippen LogP contribution in [0.3, 0.4) is 0 Å². The molecule has 2 rings (SSSR count). The number of amides is 2. The van der Waals surface area contributed by atoms with Gasteiger partial charge in [0.15, 0.2) is 6.10 Å². The van der Waals surface area contributed by atoms with E-state index < -0.39 is 18.1 Å². The lowest BCUT2D eigenvalue weighted by Crippen LogP contribution is -2.60. The van der Waals surface area contributed by atoms with Crippen molar-refractivity contribution in [1.82, 2.24) is 10.2 Å². The third-order valence-electron chi connectivity index (χ3n) is 6.23. The topological polar surface area (TPSA) is 84.9 Å². The Bertz CT molecular complexity index is 810. The maximum absolute atomic E-state index is 13.1. The molecule has 2 unspecified atom stereocenters. The second-order valence-electron chi connectivity index (χ2n) is 9.27. The standard InChI is InChI=1S/C27H42N2O5/c1-5-6-7-8-9-10-11-12-17-33-25(30)19-23-26(31)28-15-16-29(23)27(32)22(4)34-24-18-20(2)13-14-21(24)3/h13-14,18,22-23H,5-12,15-17,19H2,1-4H3,(H,28,31). The van der Waals surface area contributed by atoms with Crippen molar-refractivity contribution in [2.24, 2.45) is 0 Å². The minimum Gasteiger partial charge on any atom is -0.481 e. The first kappa shape index (κ1) is 27.7. The van der Waals surface area contributed by atoms with E-state index in [0.29, 0.717) is 25.4 Å². The van der Waals surface area contributed by atoms with E-state index in [-0.39, 0.29) is 18.2 Å². The summed E-state index contributed by atoms with van der Waals surface area (Å²) < 4.78 is 11.3. The smallest absolute Gasteiger partial charge is 0.308 e. The van der Waals surface area contributed by atoms with Gasteiger partial charge in [0.25, 0.3) is 5.91 Å². The van der Waals surface area contributed by atoms with Gasteiger partial charge in [-0.2, -0.15) is 0 Å². The average Bonchev–Trinajstić information content (AvgIpc) is 2.81. The van der Waals surface area contributed by atoms with Gasteiger partial charge in [-0.25, -0.2) is 0 Å². The number of unbranched alkanes of at least 4 members (excludes halogenated alkanes) is 7. The fourth-order valence-corrected chi connectivity index (χ4v) is 4.13. The van der Waals surface area contributed by atoms with E-state index in [4.69, 9.17) is 9.47 Å². The zero-order valence-corrected chi connectivity index (χ0v) is 21.4. The lowest BCUT2D eigenvalue weighted by Gasteiger charge is -2.36. The van der Waals surface area contributed by atoms with Crippen LogP contribution in [-0.4, -0.2) is 54.5 Å². The Morgan fingerprint density at radius 1 is 1.09 bits per heavy atom. The van der Waals surface area contributed by atoms with Crippen LogP contribution in [0.15, 0.2) is 18.2 Å². The molecule has 0 saturated carbocycles. The van der Waals surface area contributed by atoms with Gasteiger partial charge in [-0.05, 0) is 44.4 Å². The summed E-state index contributed by atoms with van der Waals surface area (Å²) in [6, 6.07) is 4.94. The molecule has 0 aliphatic carbocycles. The Kier molecular flexibility index (Phi) is 11.9. The molecule has 1 aromatic carbocycles. The van der Waals surface area contributed by atoms with Gasteiger partial charge in [0, 0.05) is 13.1 Å². The molecule has 2 atom stereocenters. The van der Waals surface area contributed by atoms with Gasteiger partial charge < -0.3 is 19.7 Å². The largest absolute Gasteiger partial charge is 0.481 e. The lowest BCUT2D eigenvalue weighted by molar-refractivity contribution is -0.154. The fraction of sp³-hybridized carbons (Fsp3) is 0.667. The molecule has 0 aromatic heterocycles. The summed E-state index contributed by atoms with van der Waals surface area (Å²) in [6.07, 6.45) is 8.38. The first-order valence-corrected chi connectivity index (χ1v) is 12.8. The Labute approximate surface area is 204 Å². The predicted octanol–water partition coefficient (Wildman–Crippen LogP) is 4.47. The van der Waals surface area contributed by atoms with Gasteiger partial charge in [-0.15, -0.1) is 0 Å². The van der Waals surface area contributed by atoms with Crippen molar-refractivity contribution in [1.29, 1.82) is 0 Å². The molecule has 0 bridgehead atoms. The van der Waals surface area contributed by atoms with E-state index >= 15 is 0 Å². The average molecular weight is 475 g/mol. The number of nitrogens with one attached hydrogen (secondary N) is 1. The summed E-state index contributed by atoms with van der Waals surface area (Å²) in [5, 5.41) is 2.75. The van der Waals surface area contributed by atoms with Crippen LogP contribution in [-0.2, 0) is 19.1 Å². The zero-order valence-electron chi connectivity index (χ0n) is 21.4. The Morgan fingerprint density at radius 3 is 2.47 bits per heavy atom. The maximum atomic E-state index is 13.1. The number of esters is 1. The van der Waals surface area contributed by atoms with E-state index in [9.17, 15) is 14.4 Å². The number of benzene rings is 1. The van der Waals surface area contributed by atoms with Crippen LogP contribution in [0.1, 0.15) is 82.8 Å². The summed E-state index contributed by atoms with van der Waals surface area (Å²) in [6.45, 7) is 8.80. The summed E-state index contributed by atoms with van der Waals surface area (Å²) >= 11 is 0. The number of carbonyl (C=O) groups excluding carboxylic acids is 3. The minimum absolute atomic E-state index is 0.148. The van der Waals surface area contributed by atoms with Crippen molar-refractivity contribution in [3.05, 3.63) is 29.3 Å². The highest BCUT2D eigenvalue weighted by molar-refractivity contribution is 5.93. The molecule has 7 nitrogen and oxygen atoms in total. The molecule has 1 N–H and O–H groups in total. The molecule has 0 radical (unpaired) electrons. The molecular weight excluding hydrogens is 432 g/mol. The highest BCUT2D eigenvalue weighted by atomic mass is 16.5. The van der Waals surface area contributed by atoms with E-state index in [1.54, 1.807) is 6.92 Å². The van der Waals surface area contributed by atoms with Gasteiger partial charge in [0.2, 0.25) is 5.91 Å². The van der Waals surface area contributed by atoms with Crippen LogP contribution in [0.4, 0.5) is 0 Å². The van der Waals surface area contributed by atoms with Gasteiger partial charge in [-0.1, -0.05) is 64.0 Å². The monoisotopic (exact) mass is 474 g/mol. The highest BCUT2D eigenvalue weighted by Crippen LogP contribution is 2.22. The zero-order chi connectivity index (χ0) is 24.9. The molecule has 1 aromatic rings. The van der Waals surface area contributed by atoms with Crippen molar-refractivity contribution in [2.75, 3.05) is 19.7 Å². The van der Waals surface area contributed by atoms with Gasteiger partial charge in [-0.3, -0.25) is 14.4 Å². The Morgan fingerprint density at radius 2 is 1.76 bits per heavy atom. The SMILES string of the molecule is CCCCCCCCCCOC(=O)CC1C(=O)NCCN1C(=O)C(C)Oc1cc(C)ccc1C. The molecule has 0 spiro atoms. The second kappa shape index (κ2) is 14.6. The Balaban J connectivity index is 1.82. The first-order chi connectivity index (χ1) is 16.3. The van der Waals surface area contributed by atoms with Crippen LogP contribution in [0.25, 0.3) is 0 Å². The van der Waals surface area contributed by atoms with E-state index in [0.717, 1.165) is 30.4 Å². The van der Waals surface area contributed by atoms with E-state index in [1.807, 2.05) is 32.0 Å². The van der Waals surface area contributed by atoms with E-state index in [1.165, 1.54) is 37.0 Å². The molecule has 1 saturated heterocycles. The number of ether oxygens (including phenoxy) is 2. The number of piperazine rings is 1. The number of nitrogens with zero attached hydrogens (tertiary/aromatic N) is 1. The third kappa shape index (κ3) is 8.99. The molecule has 1 aliphatic rings. The highest BCUT2D eigenvalue weighted by Gasteiger charge is 2.37. The van der Waals surface area contributed by atoms with Crippen LogP contribution in [0.5, 0.6) is 5.75 Å². The maximum Gasteiger partial charge on any atom is 0.308 e. The molecule has 1 fully saturated rings. The quantitative estimate of drug-likeness (QED) is 0.318. The molecule has 34 heavy (non-hydrogen) atoms. The number of hydrogen-bond acceptors (Lipinski definition) is 5. The van der Waals surface area contributed by atoms with Crippen LogP contribution in [0.2, 0.25) is 0 Å².